The number of carbonyl (C=O) groups excluding carboxylic acids is 1. The second-order valence-electron chi connectivity index (χ2n) is 5.34. The van der Waals surface area contributed by atoms with Crippen molar-refractivity contribution in [3.63, 3.8) is 0 Å². The number of piperidine rings is 1. The average molecular weight is 292 g/mol. The van der Waals surface area contributed by atoms with Crippen LogP contribution < -0.4 is 5.32 Å². The summed E-state index contributed by atoms with van der Waals surface area (Å²) in [6, 6.07) is 9.58. The summed E-state index contributed by atoms with van der Waals surface area (Å²) in [5.41, 5.74) is 1.28. The van der Waals surface area contributed by atoms with Crippen LogP contribution in [0.5, 0.6) is 0 Å². The summed E-state index contributed by atoms with van der Waals surface area (Å²) in [6.45, 7) is 2.76. The van der Waals surface area contributed by atoms with Crippen molar-refractivity contribution < 1.29 is 4.79 Å². The van der Waals surface area contributed by atoms with Crippen LogP contribution in [-0.2, 0) is 0 Å². The van der Waals surface area contributed by atoms with Gasteiger partial charge >= 0.3 is 0 Å². The van der Waals surface area contributed by atoms with E-state index in [4.69, 9.17) is 5.26 Å². The molecule has 2 heterocycles. The van der Waals surface area contributed by atoms with Crippen molar-refractivity contribution in [1.29, 1.82) is 5.26 Å². The van der Waals surface area contributed by atoms with Gasteiger partial charge in [-0.1, -0.05) is 0 Å². The van der Waals surface area contributed by atoms with Crippen molar-refractivity contribution >= 4 is 18.3 Å². The summed E-state index contributed by atoms with van der Waals surface area (Å²) in [4.78, 5) is 14.4. The minimum atomic E-state index is 0. The Hall–Kier alpha value is -1.57. The Bertz CT molecular complexity index is 523. The molecule has 2 atom stereocenters. The van der Waals surface area contributed by atoms with E-state index in [1.807, 2.05) is 4.90 Å². The zero-order chi connectivity index (χ0) is 13.2. The van der Waals surface area contributed by atoms with Gasteiger partial charge in [0.2, 0.25) is 0 Å². The van der Waals surface area contributed by atoms with Crippen LogP contribution in [0.2, 0.25) is 0 Å². The predicted molar refractivity (Wildman–Crippen MR) is 78.8 cm³/mol. The van der Waals surface area contributed by atoms with Crippen LogP contribution in [0.3, 0.4) is 0 Å². The highest BCUT2D eigenvalue weighted by Crippen LogP contribution is 2.25. The third-order valence-corrected chi connectivity index (χ3v) is 4.20. The molecule has 1 amide bonds. The number of carbonyl (C=O) groups is 1. The van der Waals surface area contributed by atoms with E-state index < -0.39 is 0 Å². The van der Waals surface area contributed by atoms with Gasteiger partial charge in [0.25, 0.3) is 5.91 Å². The van der Waals surface area contributed by atoms with Crippen molar-refractivity contribution in [2.45, 2.75) is 18.9 Å². The molecule has 2 aliphatic heterocycles. The Morgan fingerprint density at radius 3 is 2.75 bits per heavy atom. The molecule has 0 radical (unpaired) electrons. The highest BCUT2D eigenvalue weighted by atomic mass is 35.5. The molecule has 20 heavy (non-hydrogen) atoms. The van der Waals surface area contributed by atoms with E-state index in [1.165, 1.54) is 6.42 Å². The lowest BCUT2D eigenvalue weighted by Gasteiger charge is -2.34. The zero-order valence-electron chi connectivity index (χ0n) is 11.2. The van der Waals surface area contributed by atoms with Gasteiger partial charge in [-0.2, -0.15) is 5.26 Å². The average Bonchev–Trinajstić information content (AvgIpc) is 2.94. The highest BCUT2D eigenvalue weighted by Gasteiger charge is 2.34. The first-order valence-corrected chi connectivity index (χ1v) is 6.81. The number of likely N-dealkylation sites (tertiary alicyclic amines) is 1. The van der Waals surface area contributed by atoms with E-state index in [-0.39, 0.29) is 18.3 Å². The summed E-state index contributed by atoms with van der Waals surface area (Å²) >= 11 is 0. The molecular formula is C15H18ClN3O. The van der Waals surface area contributed by atoms with E-state index in [9.17, 15) is 4.79 Å². The number of hydrogen-bond donors (Lipinski definition) is 1. The first-order chi connectivity index (χ1) is 9.28. The summed E-state index contributed by atoms with van der Waals surface area (Å²) < 4.78 is 0. The molecule has 1 aromatic carbocycles. The van der Waals surface area contributed by atoms with Crippen LogP contribution >= 0.6 is 12.4 Å². The molecule has 2 aliphatic rings. The molecule has 2 unspecified atom stereocenters. The maximum Gasteiger partial charge on any atom is 0.253 e. The Balaban J connectivity index is 0.00000147. The largest absolute Gasteiger partial charge is 0.338 e. The second-order valence-corrected chi connectivity index (χ2v) is 5.34. The number of amides is 1. The van der Waals surface area contributed by atoms with Gasteiger partial charge in [0.15, 0.2) is 0 Å². The van der Waals surface area contributed by atoms with Gasteiger partial charge in [-0.3, -0.25) is 4.79 Å². The molecule has 5 heteroatoms. The molecule has 1 aromatic rings. The molecule has 0 aromatic heterocycles. The molecule has 1 N–H and O–H groups in total. The van der Waals surface area contributed by atoms with Crippen LogP contribution in [0.4, 0.5) is 0 Å². The molecule has 0 aliphatic carbocycles. The smallest absolute Gasteiger partial charge is 0.253 e. The van der Waals surface area contributed by atoms with Crippen molar-refractivity contribution in [1.82, 2.24) is 10.2 Å². The maximum atomic E-state index is 12.4. The lowest BCUT2D eigenvalue weighted by molar-refractivity contribution is 0.0662. The molecular weight excluding hydrogens is 274 g/mol. The second kappa shape index (κ2) is 6.25. The monoisotopic (exact) mass is 291 g/mol. The minimum absolute atomic E-state index is 0. The van der Waals surface area contributed by atoms with Crippen LogP contribution in [0.1, 0.15) is 28.8 Å². The molecule has 0 saturated carbocycles. The van der Waals surface area contributed by atoms with Gasteiger partial charge in [0, 0.05) is 24.7 Å². The van der Waals surface area contributed by atoms with Gasteiger partial charge in [0.1, 0.15) is 0 Å². The number of halogens is 1. The molecule has 4 nitrogen and oxygen atoms in total. The minimum Gasteiger partial charge on any atom is -0.338 e. The number of hydrogen-bond acceptors (Lipinski definition) is 3. The Kier molecular flexibility index (Phi) is 4.64. The van der Waals surface area contributed by atoms with Crippen molar-refractivity contribution in [3.05, 3.63) is 35.4 Å². The topological polar surface area (TPSA) is 56.1 Å². The fourth-order valence-corrected chi connectivity index (χ4v) is 3.10. The number of benzene rings is 1. The quantitative estimate of drug-likeness (QED) is 0.858. The van der Waals surface area contributed by atoms with E-state index in [1.54, 1.807) is 24.3 Å². The van der Waals surface area contributed by atoms with Crippen LogP contribution in [-0.4, -0.2) is 36.5 Å². The van der Waals surface area contributed by atoms with Crippen molar-refractivity contribution in [3.8, 4) is 6.07 Å². The molecule has 106 valence electrons. The molecule has 2 saturated heterocycles. The van der Waals surface area contributed by atoms with Crippen LogP contribution in [0.25, 0.3) is 0 Å². The molecule has 0 bridgehead atoms. The summed E-state index contributed by atoms with van der Waals surface area (Å²) in [6.07, 6.45) is 2.22. The fraction of sp³-hybridized carbons (Fsp3) is 0.467. The number of nitrogens with one attached hydrogen (secondary N) is 1. The maximum absolute atomic E-state index is 12.4. The standard InChI is InChI=1S/C15H17N3O.ClH/c16-9-11-1-3-12(4-2-11)15(19)18-8-6-14-13(10-18)5-7-17-14;/h1-4,13-14,17H,5-8,10H2;1H. The number of fused-ring (bicyclic) bond motifs is 1. The van der Waals surface area contributed by atoms with Crippen LogP contribution in [0, 0.1) is 17.2 Å². The van der Waals surface area contributed by atoms with Gasteiger partial charge in [0.05, 0.1) is 11.6 Å². The van der Waals surface area contributed by atoms with E-state index in [2.05, 4.69) is 11.4 Å². The number of rotatable bonds is 1. The summed E-state index contributed by atoms with van der Waals surface area (Å²) in [5, 5.41) is 12.3. The highest BCUT2D eigenvalue weighted by molar-refractivity contribution is 5.94. The Labute approximate surface area is 125 Å². The van der Waals surface area contributed by atoms with Gasteiger partial charge < -0.3 is 10.2 Å². The molecule has 0 spiro atoms. The predicted octanol–water partition coefficient (Wildman–Crippen LogP) is 1.80. The Morgan fingerprint density at radius 1 is 1.30 bits per heavy atom. The zero-order valence-corrected chi connectivity index (χ0v) is 12.0. The molecule has 2 fully saturated rings. The Morgan fingerprint density at radius 2 is 2.05 bits per heavy atom. The summed E-state index contributed by atoms with van der Waals surface area (Å²) in [5.74, 6) is 0.700. The van der Waals surface area contributed by atoms with Crippen molar-refractivity contribution in [2.24, 2.45) is 5.92 Å². The third-order valence-electron chi connectivity index (χ3n) is 4.20. The van der Waals surface area contributed by atoms with E-state index in [0.717, 1.165) is 26.1 Å². The number of nitriles is 1. The first-order valence-electron chi connectivity index (χ1n) is 6.81. The van der Waals surface area contributed by atoms with Gasteiger partial charge in [-0.15, -0.1) is 12.4 Å². The lowest BCUT2D eigenvalue weighted by Crippen LogP contribution is -2.46. The number of nitrogens with zero attached hydrogens (tertiary/aromatic N) is 2. The summed E-state index contributed by atoms with van der Waals surface area (Å²) in [7, 11) is 0. The van der Waals surface area contributed by atoms with E-state index >= 15 is 0 Å². The first kappa shape index (κ1) is 14.8. The third kappa shape index (κ3) is 2.79. The SMILES string of the molecule is Cl.N#Cc1ccc(C(=O)N2CCC3NCCC3C2)cc1. The van der Waals surface area contributed by atoms with Crippen molar-refractivity contribution in [2.75, 3.05) is 19.6 Å². The van der Waals surface area contributed by atoms with Crippen LogP contribution in [0.15, 0.2) is 24.3 Å². The normalized spacial score (nSPS) is 24.4. The fourth-order valence-electron chi connectivity index (χ4n) is 3.10. The molecule has 3 rings (SSSR count). The van der Waals surface area contributed by atoms with E-state index in [0.29, 0.717) is 23.1 Å². The van der Waals surface area contributed by atoms with Gasteiger partial charge in [-0.05, 0) is 49.6 Å². The lowest BCUT2D eigenvalue weighted by atomic mass is 9.93. The van der Waals surface area contributed by atoms with Gasteiger partial charge in [-0.25, -0.2) is 0 Å².